The van der Waals surface area contributed by atoms with E-state index in [0.29, 0.717) is 11.5 Å². The van der Waals surface area contributed by atoms with Gasteiger partial charge in [-0.15, -0.1) is 0 Å². The van der Waals surface area contributed by atoms with Crippen molar-refractivity contribution in [3.8, 4) is 34.0 Å². The highest BCUT2D eigenvalue weighted by molar-refractivity contribution is 6.15. The van der Waals surface area contributed by atoms with E-state index in [4.69, 9.17) is 15.0 Å². The largest absolute Gasteiger partial charge is 0.309 e. The van der Waals surface area contributed by atoms with Gasteiger partial charge in [0.1, 0.15) is 0 Å². The molecule has 0 aliphatic rings. The number of fused-ring (bicyclic) bond motifs is 9. The maximum atomic E-state index is 5.41. The van der Waals surface area contributed by atoms with Crippen LogP contribution in [0.4, 0.5) is 0 Å². The van der Waals surface area contributed by atoms with E-state index in [9.17, 15) is 0 Å². The molecule has 4 heterocycles. The van der Waals surface area contributed by atoms with Crippen molar-refractivity contribution >= 4 is 76.2 Å². The Balaban J connectivity index is 1.08. The number of rotatable bonds is 4. The molecule has 0 saturated carbocycles. The third-order valence-electron chi connectivity index (χ3n) is 11.4. The number of hydrogen-bond acceptors (Lipinski definition) is 3. The standard InChI is InChI=1S/C51H31N5/c1-2-15-35(16-3-1)55-44-22-10-8-19-38(44)42-30-34(24-26-47(42)55)49-41-21-12-28-52-50(41)54-51(53-49)40-25-27-46(37-18-7-6-17-36(37)40)56-45-23-11-9-20-39(45)43-29-32-13-4-5-14-33(32)31-48(43)56/h1-31H. The summed E-state index contributed by atoms with van der Waals surface area (Å²) in [4.78, 5) is 15.3. The van der Waals surface area contributed by atoms with Crippen molar-refractivity contribution in [2.24, 2.45) is 0 Å². The van der Waals surface area contributed by atoms with E-state index in [-0.39, 0.29) is 0 Å². The lowest BCUT2D eigenvalue weighted by Crippen LogP contribution is -2.00. The van der Waals surface area contributed by atoms with Gasteiger partial charge in [0.05, 0.1) is 33.4 Å². The molecule has 260 valence electrons. The molecule has 0 amide bonds. The Labute approximate surface area is 321 Å². The number of benzene rings is 8. The zero-order valence-electron chi connectivity index (χ0n) is 30.1. The lowest BCUT2D eigenvalue weighted by molar-refractivity contribution is 1.18. The minimum Gasteiger partial charge on any atom is -0.309 e. The molecule has 0 saturated heterocycles. The molecule has 12 rings (SSSR count). The molecular formula is C51H31N5. The molecule has 0 spiro atoms. The average molecular weight is 714 g/mol. The molecule has 0 aliphatic carbocycles. The number of para-hydroxylation sites is 3. The highest BCUT2D eigenvalue weighted by atomic mass is 15.0. The van der Waals surface area contributed by atoms with Crippen molar-refractivity contribution in [3.63, 3.8) is 0 Å². The van der Waals surface area contributed by atoms with E-state index >= 15 is 0 Å². The minimum atomic E-state index is 0.647. The molecule has 5 heteroatoms. The van der Waals surface area contributed by atoms with Gasteiger partial charge in [0.2, 0.25) is 0 Å². The fourth-order valence-corrected chi connectivity index (χ4v) is 8.87. The van der Waals surface area contributed by atoms with Gasteiger partial charge in [-0.25, -0.2) is 15.0 Å². The van der Waals surface area contributed by atoms with Gasteiger partial charge in [0.25, 0.3) is 0 Å². The van der Waals surface area contributed by atoms with Gasteiger partial charge in [-0.1, -0.05) is 109 Å². The first-order valence-corrected chi connectivity index (χ1v) is 18.9. The summed E-state index contributed by atoms with van der Waals surface area (Å²) in [6.07, 6.45) is 1.81. The fourth-order valence-electron chi connectivity index (χ4n) is 8.87. The van der Waals surface area contributed by atoms with Crippen LogP contribution in [0.1, 0.15) is 0 Å². The summed E-state index contributed by atoms with van der Waals surface area (Å²) in [5.74, 6) is 0.647. The first kappa shape index (κ1) is 30.8. The molecule has 12 aromatic rings. The van der Waals surface area contributed by atoms with Crippen LogP contribution in [-0.2, 0) is 0 Å². The Hall–Kier alpha value is -7.63. The Kier molecular flexibility index (Phi) is 6.56. The molecule has 5 nitrogen and oxygen atoms in total. The van der Waals surface area contributed by atoms with Crippen molar-refractivity contribution in [3.05, 3.63) is 188 Å². The van der Waals surface area contributed by atoms with Crippen LogP contribution in [0.15, 0.2) is 188 Å². The average Bonchev–Trinajstić information content (AvgIpc) is 3.77. The molecule has 0 radical (unpaired) electrons. The number of aromatic nitrogens is 5. The van der Waals surface area contributed by atoms with E-state index < -0.39 is 0 Å². The van der Waals surface area contributed by atoms with Gasteiger partial charge >= 0.3 is 0 Å². The number of pyridine rings is 1. The Bertz CT molecular complexity index is 3540. The van der Waals surface area contributed by atoms with Gasteiger partial charge in [-0.3, -0.25) is 0 Å². The van der Waals surface area contributed by atoms with E-state index in [0.717, 1.165) is 49.9 Å². The lowest BCUT2D eigenvalue weighted by Gasteiger charge is -2.15. The van der Waals surface area contributed by atoms with Crippen molar-refractivity contribution < 1.29 is 0 Å². The zero-order chi connectivity index (χ0) is 36.7. The summed E-state index contributed by atoms with van der Waals surface area (Å²) in [6.45, 7) is 0. The monoisotopic (exact) mass is 713 g/mol. The summed E-state index contributed by atoms with van der Waals surface area (Å²) < 4.78 is 4.76. The molecular weight excluding hydrogens is 683 g/mol. The van der Waals surface area contributed by atoms with Gasteiger partial charge in [0.15, 0.2) is 11.5 Å². The van der Waals surface area contributed by atoms with Crippen molar-refractivity contribution in [2.75, 3.05) is 0 Å². The first-order chi connectivity index (χ1) is 27.8. The zero-order valence-corrected chi connectivity index (χ0v) is 30.1. The molecule has 0 bridgehead atoms. The van der Waals surface area contributed by atoms with Gasteiger partial charge in [-0.05, 0) is 89.0 Å². The molecule has 0 aliphatic heterocycles. The van der Waals surface area contributed by atoms with Crippen LogP contribution >= 0.6 is 0 Å². The summed E-state index contributed by atoms with van der Waals surface area (Å²) in [6, 6.07) is 64.9. The second-order valence-corrected chi connectivity index (χ2v) is 14.4. The number of hydrogen-bond donors (Lipinski definition) is 0. The SMILES string of the molecule is c1ccc(-n2c3ccccc3c3cc(-c4nc(-c5ccc(-n6c7ccccc7c7cc8ccccc8cc76)c6ccccc56)nc5ncccc45)ccc32)cc1. The third-order valence-corrected chi connectivity index (χ3v) is 11.4. The second kappa shape index (κ2) is 11.9. The molecule has 0 N–H and O–H groups in total. The van der Waals surface area contributed by atoms with Crippen LogP contribution in [0.25, 0.3) is 110 Å². The highest BCUT2D eigenvalue weighted by Gasteiger charge is 2.20. The molecule has 0 atom stereocenters. The second-order valence-electron chi connectivity index (χ2n) is 14.4. The van der Waals surface area contributed by atoms with Gasteiger partial charge in [-0.2, -0.15) is 0 Å². The molecule has 0 unspecified atom stereocenters. The van der Waals surface area contributed by atoms with E-state index in [1.54, 1.807) is 0 Å². The highest BCUT2D eigenvalue weighted by Crippen LogP contribution is 2.40. The summed E-state index contributed by atoms with van der Waals surface area (Å²) in [5, 5.41) is 10.4. The smallest absolute Gasteiger partial charge is 0.163 e. The topological polar surface area (TPSA) is 48.5 Å². The normalized spacial score (nSPS) is 11.9. The Morgan fingerprint density at radius 1 is 0.375 bits per heavy atom. The van der Waals surface area contributed by atoms with Crippen molar-refractivity contribution in [1.29, 1.82) is 0 Å². The summed E-state index contributed by atoms with van der Waals surface area (Å²) >= 11 is 0. The van der Waals surface area contributed by atoms with Gasteiger partial charge < -0.3 is 9.13 Å². The number of nitrogens with zero attached hydrogens (tertiary/aromatic N) is 5. The fraction of sp³-hybridized carbons (Fsp3) is 0. The Morgan fingerprint density at radius 3 is 1.80 bits per heavy atom. The lowest BCUT2D eigenvalue weighted by atomic mass is 10.0. The minimum absolute atomic E-state index is 0.647. The molecule has 0 fully saturated rings. The quantitative estimate of drug-likeness (QED) is 0.182. The third kappa shape index (κ3) is 4.52. The predicted molar refractivity (Wildman–Crippen MR) is 232 cm³/mol. The van der Waals surface area contributed by atoms with Crippen LogP contribution < -0.4 is 0 Å². The van der Waals surface area contributed by atoms with Crippen LogP contribution in [0.2, 0.25) is 0 Å². The van der Waals surface area contributed by atoms with E-state index in [1.807, 2.05) is 12.3 Å². The van der Waals surface area contributed by atoms with E-state index in [1.165, 1.54) is 48.9 Å². The van der Waals surface area contributed by atoms with Crippen LogP contribution in [0.3, 0.4) is 0 Å². The molecule has 56 heavy (non-hydrogen) atoms. The maximum absolute atomic E-state index is 5.41. The van der Waals surface area contributed by atoms with Crippen LogP contribution in [0, 0.1) is 0 Å². The Morgan fingerprint density at radius 2 is 1.00 bits per heavy atom. The maximum Gasteiger partial charge on any atom is 0.163 e. The van der Waals surface area contributed by atoms with Crippen molar-refractivity contribution in [2.45, 2.75) is 0 Å². The molecule has 8 aromatic carbocycles. The van der Waals surface area contributed by atoms with Crippen molar-refractivity contribution in [1.82, 2.24) is 24.1 Å². The van der Waals surface area contributed by atoms with Crippen LogP contribution in [0.5, 0.6) is 0 Å². The predicted octanol–water partition coefficient (Wildman–Crippen LogP) is 12.9. The first-order valence-electron chi connectivity index (χ1n) is 18.9. The molecule has 4 aromatic heterocycles. The summed E-state index contributed by atoms with van der Waals surface area (Å²) in [5.41, 5.74) is 10.4. The van der Waals surface area contributed by atoms with Crippen LogP contribution in [-0.4, -0.2) is 24.1 Å². The summed E-state index contributed by atoms with van der Waals surface area (Å²) in [7, 11) is 0. The van der Waals surface area contributed by atoms with E-state index in [2.05, 4.69) is 185 Å². The van der Waals surface area contributed by atoms with Gasteiger partial charge in [0, 0.05) is 55.3 Å².